The summed E-state index contributed by atoms with van der Waals surface area (Å²) in [5.41, 5.74) is 0. The third-order valence-electron chi connectivity index (χ3n) is 3.09. The van der Waals surface area contributed by atoms with Gasteiger partial charge >= 0.3 is 155 Å². The van der Waals surface area contributed by atoms with E-state index in [4.69, 9.17) is 0 Å². The zero-order chi connectivity index (χ0) is 14.7. The first-order valence-corrected chi connectivity index (χ1v) is 19.6. The molecule has 0 saturated heterocycles. The maximum atomic E-state index is 4.01. The van der Waals surface area contributed by atoms with Crippen molar-refractivity contribution in [2.45, 2.75) is 85.5 Å². The third kappa shape index (κ3) is 13.8. The Morgan fingerprint density at radius 1 is 0.737 bits per heavy atom. The molecule has 0 rings (SSSR count). The van der Waals surface area contributed by atoms with Gasteiger partial charge in [-0.3, -0.25) is 0 Å². The zero-order valence-electron chi connectivity index (χ0n) is 12.1. The van der Waals surface area contributed by atoms with E-state index in [2.05, 4.69) is 73.9 Å². The molecular weight excluding hydrogens is 567 g/mol. The molecule has 0 saturated carbocycles. The molecule has 118 valence electrons. The maximum absolute atomic E-state index is 4.01. The van der Waals surface area contributed by atoms with E-state index in [9.17, 15) is 0 Å². The summed E-state index contributed by atoms with van der Waals surface area (Å²) in [6.45, 7) is 4.54. The molecule has 0 amide bonds. The Kier molecular flexibility index (Phi) is 14.6. The van der Waals surface area contributed by atoms with Crippen LogP contribution in [0.1, 0.15) is 65.2 Å². The van der Waals surface area contributed by atoms with Crippen LogP contribution in [0.25, 0.3) is 0 Å². The van der Waals surface area contributed by atoms with E-state index in [0.29, 0.717) is 9.65 Å². The Hall–Kier alpha value is 2.44. The number of rotatable bonds is 12. The summed E-state index contributed by atoms with van der Waals surface area (Å²) in [6.07, 6.45) is 10.7. The number of hydrogen-bond donors (Lipinski definition) is 0. The van der Waals surface area contributed by atoms with Crippen molar-refractivity contribution in [1.29, 1.82) is 0 Å². The zero-order valence-corrected chi connectivity index (χ0v) is 20.2. The van der Waals surface area contributed by atoms with Crippen molar-refractivity contribution < 1.29 is 0 Å². The van der Waals surface area contributed by atoms with E-state index in [-0.39, 0.29) is 0 Å². The molecule has 0 bridgehead atoms. The number of unbranched alkanes of at least 4 members (excludes halogenated alkanes) is 4. The standard InChI is InChI=1S/C14H28Br4Se/c1-3-5-7-9-13(15)11-19(17,18)12-14(16)10-8-6-4-2/h13-14H,3-12H2,1-2H3. The van der Waals surface area contributed by atoms with Crippen molar-refractivity contribution in [2.75, 3.05) is 0 Å². The van der Waals surface area contributed by atoms with Gasteiger partial charge in [-0.25, -0.2) is 0 Å². The van der Waals surface area contributed by atoms with Crippen LogP contribution < -0.4 is 0 Å². The van der Waals surface area contributed by atoms with E-state index in [1.807, 2.05) is 0 Å². The summed E-state index contributed by atoms with van der Waals surface area (Å²) in [5, 5.41) is 2.58. The minimum absolute atomic E-state index is 0.674. The minimum atomic E-state index is -1.60. The summed E-state index contributed by atoms with van der Waals surface area (Å²) in [6, 6.07) is 0. The van der Waals surface area contributed by atoms with Crippen LogP contribution >= 0.6 is 60.1 Å². The molecule has 0 aromatic rings. The van der Waals surface area contributed by atoms with Crippen molar-refractivity contribution in [3.63, 3.8) is 0 Å². The van der Waals surface area contributed by atoms with Crippen LogP contribution in [0.4, 0.5) is 0 Å². The van der Waals surface area contributed by atoms with E-state index in [1.54, 1.807) is 0 Å². The molecule has 0 heterocycles. The van der Waals surface area contributed by atoms with Gasteiger partial charge in [-0.2, -0.15) is 0 Å². The fraction of sp³-hybridized carbons (Fsp3) is 1.00. The van der Waals surface area contributed by atoms with Gasteiger partial charge in [-0.05, 0) is 0 Å². The van der Waals surface area contributed by atoms with Crippen LogP contribution in [0.2, 0.25) is 10.6 Å². The van der Waals surface area contributed by atoms with Crippen LogP contribution in [0.3, 0.4) is 0 Å². The molecule has 0 aliphatic carbocycles. The molecule has 0 aliphatic rings. The van der Waals surface area contributed by atoms with Crippen molar-refractivity contribution in [3.05, 3.63) is 0 Å². The van der Waals surface area contributed by atoms with Gasteiger partial charge in [0, 0.05) is 0 Å². The summed E-state index contributed by atoms with van der Waals surface area (Å²) >= 11 is 15.8. The molecule has 2 unspecified atom stereocenters. The van der Waals surface area contributed by atoms with Gasteiger partial charge in [0.05, 0.1) is 0 Å². The van der Waals surface area contributed by atoms with Crippen molar-refractivity contribution in [2.24, 2.45) is 0 Å². The monoisotopic (exact) mass is 592 g/mol. The fourth-order valence-corrected chi connectivity index (χ4v) is 24.5. The Morgan fingerprint density at radius 2 is 1.11 bits per heavy atom. The molecule has 2 atom stereocenters. The second-order valence-corrected chi connectivity index (χ2v) is 29.5. The molecule has 0 aliphatic heterocycles. The molecule has 0 spiro atoms. The van der Waals surface area contributed by atoms with Crippen LogP contribution in [0, 0.1) is 0 Å². The first kappa shape index (κ1) is 21.4. The van der Waals surface area contributed by atoms with Crippen molar-refractivity contribution in [1.82, 2.24) is 0 Å². The van der Waals surface area contributed by atoms with Gasteiger partial charge in [0.1, 0.15) is 0 Å². The fourth-order valence-electron chi connectivity index (χ4n) is 2.00. The predicted molar refractivity (Wildman–Crippen MR) is 107 cm³/mol. The molecule has 0 fully saturated rings. The molecular formula is C14H28Br4Se. The van der Waals surface area contributed by atoms with Gasteiger partial charge in [-0.1, -0.05) is 0 Å². The molecule has 0 nitrogen and oxygen atoms in total. The summed E-state index contributed by atoms with van der Waals surface area (Å²) in [5.74, 6) is 0. The molecule has 19 heavy (non-hydrogen) atoms. The molecule has 0 N–H and O–H groups in total. The summed E-state index contributed by atoms with van der Waals surface area (Å²) < 4.78 is 0. The number of halogens is 4. The Balaban J connectivity index is 3.87. The van der Waals surface area contributed by atoms with Gasteiger partial charge in [0.2, 0.25) is 0 Å². The normalized spacial score (nSPS) is 16.3. The van der Waals surface area contributed by atoms with Gasteiger partial charge in [-0.15, -0.1) is 0 Å². The van der Waals surface area contributed by atoms with Gasteiger partial charge in [0.25, 0.3) is 0 Å². The first-order chi connectivity index (χ1) is 8.91. The Labute approximate surface area is 153 Å². The second-order valence-electron chi connectivity index (χ2n) is 5.22. The average molecular weight is 595 g/mol. The average Bonchev–Trinajstić information content (AvgIpc) is 2.28. The van der Waals surface area contributed by atoms with E-state index in [0.717, 1.165) is 0 Å². The Morgan fingerprint density at radius 3 is 1.42 bits per heavy atom. The van der Waals surface area contributed by atoms with Crippen LogP contribution in [0.5, 0.6) is 0 Å². The topological polar surface area (TPSA) is 0 Å². The SMILES string of the molecule is CCCCCC(Br)C[Se](Br)(Br)CC(Br)CCCCC. The van der Waals surface area contributed by atoms with Gasteiger partial charge in [0.15, 0.2) is 0 Å². The van der Waals surface area contributed by atoms with E-state index in [1.165, 1.54) is 62.0 Å². The van der Waals surface area contributed by atoms with Crippen LogP contribution in [-0.4, -0.2) is 18.9 Å². The molecule has 0 aromatic heterocycles. The van der Waals surface area contributed by atoms with Crippen LogP contribution in [0.15, 0.2) is 0 Å². The van der Waals surface area contributed by atoms with Gasteiger partial charge < -0.3 is 0 Å². The van der Waals surface area contributed by atoms with E-state index >= 15 is 0 Å². The Bertz CT molecular complexity index is 192. The van der Waals surface area contributed by atoms with E-state index < -0.39 is 9.23 Å². The quantitative estimate of drug-likeness (QED) is 0.122. The number of hydrogen-bond acceptors (Lipinski definition) is 0. The molecule has 5 heteroatoms. The van der Waals surface area contributed by atoms with Crippen molar-refractivity contribution in [3.8, 4) is 0 Å². The summed E-state index contributed by atoms with van der Waals surface area (Å²) in [4.78, 5) is 1.35. The molecule has 0 radical (unpaired) electrons. The third-order valence-corrected chi connectivity index (χ3v) is 15.8. The second kappa shape index (κ2) is 12.9. The van der Waals surface area contributed by atoms with Crippen LogP contribution in [-0.2, 0) is 0 Å². The first-order valence-electron chi connectivity index (χ1n) is 7.37. The van der Waals surface area contributed by atoms with Crippen molar-refractivity contribution >= 4 is 69.3 Å². The summed E-state index contributed by atoms with van der Waals surface area (Å²) in [7, 11) is -1.60. The molecule has 0 aromatic carbocycles. The number of alkyl halides is 2. The predicted octanol–water partition coefficient (Wildman–Crippen LogP) is 7.91.